The number of nitrogens with zero attached hydrogens (tertiary/aromatic N) is 3. The van der Waals surface area contributed by atoms with E-state index in [9.17, 15) is 9.18 Å². The Morgan fingerprint density at radius 3 is 2.68 bits per heavy atom. The van der Waals surface area contributed by atoms with E-state index in [0.29, 0.717) is 13.1 Å². The highest BCUT2D eigenvalue weighted by Gasteiger charge is 2.27. The Morgan fingerprint density at radius 1 is 1.16 bits per heavy atom. The lowest BCUT2D eigenvalue weighted by atomic mass is 9.93. The molecule has 0 bridgehead atoms. The number of rotatable bonds is 4. The lowest BCUT2D eigenvalue weighted by Crippen LogP contribution is -2.40. The van der Waals surface area contributed by atoms with Crippen LogP contribution in [0.5, 0.6) is 0 Å². The van der Waals surface area contributed by atoms with Crippen LogP contribution in [0.4, 0.5) is 9.18 Å². The summed E-state index contributed by atoms with van der Waals surface area (Å²) in [6, 6.07) is 12.9. The number of fused-ring (bicyclic) bond motifs is 1. The zero-order chi connectivity index (χ0) is 22.0. The third-order valence-corrected chi connectivity index (χ3v) is 5.46. The van der Waals surface area contributed by atoms with Crippen LogP contribution in [0.3, 0.4) is 0 Å². The molecule has 6 heteroatoms. The summed E-state index contributed by atoms with van der Waals surface area (Å²) in [6.07, 6.45) is 5.03. The Labute approximate surface area is 182 Å². The summed E-state index contributed by atoms with van der Waals surface area (Å²) in [4.78, 5) is 18.6. The second-order valence-electron chi connectivity index (χ2n) is 8.94. The zero-order valence-corrected chi connectivity index (χ0v) is 18.3. The van der Waals surface area contributed by atoms with Crippen molar-refractivity contribution < 1.29 is 13.9 Å². The molecule has 4 rings (SSSR count). The van der Waals surface area contributed by atoms with Gasteiger partial charge in [-0.3, -0.25) is 0 Å². The van der Waals surface area contributed by atoms with Crippen molar-refractivity contribution in [1.29, 1.82) is 0 Å². The molecule has 5 nitrogen and oxygen atoms in total. The lowest BCUT2D eigenvalue weighted by molar-refractivity contribution is 0.0224. The molecular formula is C25H28FN3O2. The SMILES string of the molecule is CC(C)(C)OC(=O)N1CCc2c(cccc2-c2cncn2CCc2ccc(F)cc2)C1. The van der Waals surface area contributed by atoms with Gasteiger partial charge in [-0.1, -0.05) is 30.3 Å². The molecule has 0 aliphatic carbocycles. The summed E-state index contributed by atoms with van der Waals surface area (Å²) >= 11 is 0. The van der Waals surface area contributed by atoms with Crippen LogP contribution >= 0.6 is 0 Å². The van der Waals surface area contributed by atoms with Crippen LogP contribution in [0.1, 0.15) is 37.5 Å². The Kier molecular flexibility index (Phi) is 5.81. The number of hydrogen-bond donors (Lipinski definition) is 0. The van der Waals surface area contributed by atoms with Crippen molar-refractivity contribution >= 4 is 6.09 Å². The predicted octanol–water partition coefficient (Wildman–Crippen LogP) is 5.23. The standard InChI is InChI=1S/C25H28FN3O2/c1-25(2,3)31-24(30)28-14-12-21-19(16-28)5-4-6-22(21)23-15-27-17-29(23)13-11-18-7-9-20(26)10-8-18/h4-10,15,17H,11-14,16H2,1-3H3. The first-order valence-corrected chi connectivity index (χ1v) is 10.6. The minimum absolute atomic E-state index is 0.219. The molecule has 0 N–H and O–H groups in total. The number of amides is 1. The number of imidazole rings is 1. The van der Waals surface area contributed by atoms with Gasteiger partial charge < -0.3 is 14.2 Å². The molecule has 2 heterocycles. The third kappa shape index (κ3) is 4.95. The van der Waals surface area contributed by atoms with Crippen molar-refractivity contribution in [2.45, 2.75) is 52.3 Å². The fraction of sp³-hybridized carbons (Fsp3) is 0.360. The number of halogens is 1. The molecule has 0 unspecified atom stereocenters. The summed E-state index contributed by atoms with van der Waals surface area (Å²) in [5, 5.41) is 0. The molecule has 1 aromatic heterocycles. The zero-order valence-electron chi connectivity index (χ0n) is 18.3. The number of carbonyl (C=O) groups excluding carboxylic acids is 1. The highest BCUT2D eigenvalue weighted by molar-refractivity contribution is 5.71. The van der Waals surface area contributed by atoms with E-state index in [0.717, 1.165) is 41.8 Å². The van der Waals surface area contributed by atoms with Crippen LogP contribution in [0.25, 0.3) is 11.3 Å². The fourth-order valence-corrected chi connectivity index (χ4v) is 3.96. The molecule has 0 saturated carbocycles. The molecule has 0 atom stereocenters. The van der Waals surface area contributed by atoms with Crippen LogP contribution in [0, 0.1) is 5.82 Å². The van der Waals surface area contributed by atoms with Crippen LogP contribution in [0.2, 0.25) is 0 Å². The first-order chi connectivity index (χ1) is 14.8. The van der Waals surface area contributed by atoms with Crippen LogP contribution in [-0.2, 0) is 30.7 Å². The molecule has 31 heavy (non-hydrogen) atoms. The quantitative estimate of drug-likeness (QED) is 0.580. The topological polar surface area (TPSA) is 47.4 Å². The molecule has 0 spiro atoms. The van der Waals surface area contributed by atoms with E-state index in [2.05, 4.69) is 21.7 Å². The van der Waals surface area contributed by atoms with E-state index in [1.165, 1.54) is 17.7 Å². The molecule has 0 saturated heterocycles. The minimum atomic E-state index is -0.504. The Morgan fingerprint density at radius 2 is 1.94 bits per heavy atom. The molecule has 162 valence electrons. The summed E-state index contributed by atoms with van der Waals surface area (Å²) < 4.78 is 20.8. The normalized spacial score (nSPS) is 13.7. The molecule has 1 aliphatic rings. The molecule has 2 aromatic carbocycles. The van der Waals surface area contributed by atoms with E-state index in [-0.39, 0.29) is 11.9 Å². The minimum Gasteiger partial charge on any atom is -0.444 e. The molecular weight excluding hydrogens is 393 g/mol. The van der Waals surface area contributed by atoms with Gasteiger partial charge in [-0.05, 0) is 62.4 Å². The molecule has 0 fully saturated rings. The highest BCUT2D eigenvalue weighted by atomic mass is 19.1. The third-order valence-electron chi connectivity index (χ3n) is 5.46. The second kappa shape index (κ2) is 8.53. The number of aryl methyl sites for hydroxylation is 2. The molecule has 1 aliphatic heterocycles. The molecule has 3 aromatic rings. The van der Waals surface area contributed by atoms with Gasteiger partial charge in [-0.15, -0.1) is 0 Å². The van der Waals surface area contributed by atoms with Gasteiger partial charge in [0.15, 0.2) is 0 Å². The van der Waals surface area contributed by atoms with Gasteiger partial charge >= 0.3 is 6.09 Å². The van der Waals surface area contributed by atoms with Crippen LogP contribution < -0.4 is 0 Å². The van der Waals surface area contributed by atoms with E-state index in [1.54, 1.807) is 4.90 Å². The van der Waals surface area contributed by atoms with Crippen molar-refractivity contribution in [3.8, 4) is 11.3 Å². The van der Waals surface area contributed by atoms with Crippen molar-refractivity contribution in [3.05, 3.63) is 77.5 Å². The van der Waals surface area contributed by atoms with Crippen molar-refractivity contribution in [2.24, 2.45) is 0 Å². The number of benzene rings is 2. The van der Waals surface area contributed by atoms with Gasteiger partial charge in [-0.25, -0.2) is 14.2 Å². The molecule has 1 amide bonds. The number of carbonyl (C=O) groups is 1. The average Bonchev–Trinajstić information content (AvgIpc) is 3.19. The van der Waals surface area contributed by atoms with Gasteiger partial charge in [0.05, 0.1) is 18.2 Å². The Bertz CT molecular complexity index is 1070. The van der Waals surface area contributed by atoms with Crippen LogP contribution in [-0.4, -0.2) is 32.7 Å². The first-order valence-electron chi connectivity index (χ1n) is 10.6. The second-order valence-corrected chi connectivity index (χ2v) is 8.94. The smallest absolute Gasteiger partial charge is 0.410 e. The van der Waals surface area contributed by atoms with Crippen molar-refractivity contribution in [2.75, 3.05) is 6.54 Å². The van der Waals surface area contributed by atoms with Gasteiger partial charge in [0.1, 0.15) is 11.4 Å². The maximum Gasteiger partial charge on any atom is 0.410 e. The summed E-state index contributed by atoms with van der Waals surface area (Å²) in [5.74, 6) is -0.219. The Hall–Kier alpha value is -3.15. The van der Waals surface area contributed by atoms with Gasteiger partial charge in [0.25, 0.3) is 0 Å². The molecule has 0 radical (unpaired) electrons. The summed E-state index contributed by atoms with van der Waals surface area (Å²) in [7, 11) is 0. The average molecular weight is 422 g/mol. The van der Waals surface area contributed by atoms with E-state index in [1.807, 2.05) is 51.5 Å². The maximum absolute atomic E-state index is 13.2. The summed E-state index contributed by atoms with van der Waals surface area (Å²) in [5.41, 5.74) is 5.19. The Balaban J connectivity index is 1.52. The van der Waals surface area contributed by atoms with Crippen molar-refractivity contribution in [3.63, 3.8) is 0 Å². The maximum atomic E-state index is 13.2. The highest BCUT2D eigenvalue weighted by Crippen LogP contribution is 2.31. The summed E-state index contributed by atoms with van der Waals surface area (Å²) in [6.45, 7) is 7.58. The van der Waals surface area contributed by atoms with E-state index >= 15 is 0 Å². The van der Waals surface area contributed by atoms with Gasteiger partial charge in [0.2, 0.25) is 0 Å². The number of ether oxygens (including phenoxy) is 1. The first kappa shape index (κ1) is 21.1. The van der Waals surface area contributed by atoms with Gasteiger partial charge in [0, 0.05) is 25.2 Å². The largest absolute Gasteiger partial charge is 0.444 e. The fourth-order valence-electron chi connectivity index (χ4n) is 3.96. The van der Waals surface area contributed by atoms with Crippen molar-refractivity contribution in [1.82, 2.24) is 14.5 Å². The predicted molar refractivity (Wildman–Crippen MR) is 118 cm³/mol. The lowest BCUT2D eigenvalue weighted by Gasteiger charge is -2.32. The monoisotopic (exact) mass is 421 g/mol. The van der Waals surface area contributed by atoms with E-state index < -0.39 is 5.60 Å². The van der Waals surface area contributed by atoms with E-state index in [4.69, 9.17) is 4.74 Å². The number of hydrogen-bond acceptors (Lipinski definition) is 3. The van der Waals surface area contributed by atoms with Gasteiger partial charge in [-0.2, -0.15) is 0 Å². The number of aromatic nitrogens is 2. The van der Waals surface area contributed by atoms with Crippen LogP contribution in [0.15, 0.2) is 55.0 Å².